The number of sulfonamides is 1. The van der Waals surface area contributed by atoms with Crippen LogP contribution in [0.25, 0.3) is 0 Å². The van der Waals surface area contributed by atoms with Crippen LogP contribution in [0.15, 0.2) is 83.8 Å². The molecule has 0 aromatic heterocycles. The van der Waals surface area contributed by atoms with Gasteiger partial charge in [-0.3, -0.25) is 9.10 Å². The van der Waals surface area contributed by atoms with Gasteiger partial charge in [-0.1, -0.05) is 60.2 Å². The van der Waals surface area contributed by atoms with Crippen LogP contribution in [0.3, 0.4) is 0 Å². The number of anilines is 1. The lowest BCUT2D eigenvalue weighted by Gasteiger charge is -2.25. The van der Waals surface area contributed by atoms with Crippen molar-refractivity contribution in [2.45, 2.75) is 24.7 Å². The van der Waals surface area contributed by atoms with Crippen molar-refractivity contribution in [1.29, 1.82) is 0 Å². The first-order chi connectivity index (χ1) is 15.4. The van der Waals surface area contributed by atoms with E-state index in [-0.39, 0.29) is 17.3 Å². The fraction of sp³-hybridized carbons (Fsp3) is 0.240. The number of amides is 1. The second-order valence-corrected chi connectivity index (χ2v) is 9.30. The van der Waals surface area contributed by atoms with Crippen molar-refractivity contribution >= 4 is 21.6 Å². The lowest BCUT2D eigenvalue weighted by atomic mass is 10.1. The highest BCUT2D eigenvalue weighted by atomic mass is 32.2. The quantitative estimate of drug-likeness (QED) is 0.473. The van der Waals surface area contributed by atoms with Crippen LogP contribution in [0.5, 0.6) is 5.75 Å². The molecule has 0 radical (unpaired) electrons. The van der Waals surface area contributed by atoms with Gasteiger partial charge in [0.15, 0.2) is 0 Å². The number of methoxy groups -OCH3 is 1. The summed E-state index contributed by atoms with van der Waals surface area (Å²) in [5, 5.41) is 2.84. The second-order valence-electron chi connectivity index (χ2n) is 7.44. The van der Waals surface area contributed by atoms with E-state index < -0.39 is 10.0 Å². The van der Waals surface area contributed by atoms with Crippen LogP contribution >= 0.6 is 0 Å². The molecule has 0 heterocycles. The minimum Gasteiger partial charge on any atom is -0.495 e. The molecule has 0 aliphatic heterocycles. The molecule has 32 heavy (non-hydrogen) atoms. The molecule has 7 heteroatoms. The summed E-state index contributed by atoms with van der Waals surface area (Å²) in [5.41, 5.74) is 2.46. The van der Waals surface area contributed by atoms with Gasteiger partial charge in [-0.15, -0.1) is 0 Å². The third-order valence-electron chi connectivity index (χ3n) is 5.06. The van der Waals surface area contributed by atoms with Crippen molar-refractivity contribution < 1.29 is 17.9 Å². The zero-order chi connectivity index (χ0) is 23.0. The van der Waals surface area contributed by atoms with Crippen LogP contribution in [0.2, 0.25) is 0 Å². The fourth-order valence-corrected chi connectivity index (χ4v) is 4.76. The molecule has 3 aromatic rings. The monoisotopic (exact) mass is 452 g/mol. The van der Waals surface area contributed by atoms with Gasteiger partial charge in [0.05, 0.1) is 17.7 Å². The van der Waals surface area contributed by atoms with Crippen LogP contribution in [0, 0.1) is 6.92 Å². The highest BCUT2D eigenvalue weighted by Gasteiger charge is 2.29. The summed E-state index contributed by atoms with van der Waals surface area (Å²) in [6.45, 7) is 2.00. The zero-order valence-corrected chi connectivity index (χ0v) is 19.1. The van der Waals surface area contributed by atoms with Crippen molar-refractivity contribution in [3.63, 3.8) is 0 Å². The third kappa shape index (κ3) is 5.88. The van der Waals surface area contributed by atoms with Gasteiger partial charge in [0.2, 0.25) is 5.91 Å². The van der Waals surface area contributed by atoms with Crippen molar-refractivity contribution in [3.05, 3.63) is 90.0 Å². The molecular weight excluding hydrogens is 424 g/mol. The van der Waals surface area contributed by atoms with Gasteiger partial charge >= 0.3 is 0 Å². The lowest BCUT2D eigenvalue weighted by molar-refractivity contribution is -0.119. The Kier molecular flexibility index (Phi) is 7.89. The number of carbonyl (C=O) groups excluding carboxylic acids is 1. The Morgan fingerprint density at radius 3 is 2.28 bits per heavy atom. The van der Waals surface area contributed by atoms with Crippen LogP contribution < -0.4 is 14.4 Å². The van der Waals surface area contributed by atoms with Gasteiger partial charge in [-0.25, -0.2) is 8.42 Å². The molecule has 0 unspecified atom stereocenters. The van der Waals surface area contributed by atoms with Crippen molar-refractivity contribution in [2.24, 2.45) is 0 Å². The molecule has 1 amide bonds. The van der Waals surface area contributed by atoms with Gasteiger partial charge in [0, 0.05) is 6.54 Å². The summed E-state index contributed by atoms with van der Waals surface area (Å²) in [4.78, 5) is 12.8. The van der Waals surface area contributed by atoms with Gasteiger partial charge in [0.25, 0.3) is 10.0 Å². The Morgan fingerprint density at radius 2 is 1.59 bits per heavy atom. The Balaban J connectivity index is 1.77. The van der Waals surface area contributed by atoms with Gasteiger partial charge in [0.1, 0.15) is 12.3 Å². The molecule has 3 aromatic carbocycles. The van der Waals surface area contributed by atoms with E-state index in [1.165, 1.54) is 12.7 Å². The minimum absolute atomic E-state index is 0.117. The number of aryl methyl sites for hydroxylation is 2. The number of ether oxygens (including phenoxy) is 1. The summed E-state index contributed by atoms with van der Waals surface area (Å²) >= 11 is 0. The van der Waals surface area contributed by atoms with Crippen LogP contribution in [0.1, 0.15) is 17.5 Å². The topological polar surface area (TPSA) is 75.7 Å². The molecule has 3 rings (SSSR count). The minimum atomic E-state index is -3.98. The molecule has 168 valence electrons. The highest BCUT2D eigenvalue weighted by Crippen LogP contribution is 2.32. The smallest absolute Gasteiger partial charge is 0.264 e. The predicted octanol–water partition coefficient (Wildman–Crippen LogP) is 3.95. The molecular formula is C25H28N2O4S. The normalized spacial score (nSPS) is 11.1. The van der Waals surface area contributed by atoms with E-state index in [0.717, 1.165) is 22.7 Å². The van der Waals surface area contributed by atoms with E-state index in [2.05, 4.69) is 5.32 Å². The maximum absolute atomic E-state index is 13.5. The van der Waals surface area contributed by atoms with Gasteiger partial charge in [-0.2, -0.15) is 0 Å². The third-order valence-corrected chi connectivity index (χ3v) is 6.83. The molecule has 0 saturated carbocycles. The molecule has 0 saturated heterocycles. The van der Waals surface area contributed by atoms with E-state index in [4.69, 9.17) is 4.74 Å². The Hall–Kier alpha value is -3.32. The number of hydrogen-bond acceptors (Lipinski definition) is 4. The van der Waals surface area contributed by atoms with Gasteiger partial charge < -0.3 is 10.1 Å². The molecule has 6 nitrogen and oxygen atoms in total. The second kappa shape index (κ2) is 10.8. The fourth-order valence-electron chi connectivity index (χ4n) is 3.32. The Labute approximate surface area is 189 Å². The van der Waals surface area contributed by atoms with Crippen molar-refractivity contribution in [1.82, 2.24) is 5.32 Å². The van der Waals surface area contributed by atoms with Crippen LogP contribution in [0.4, 0.5) is 5.69 Å². The average molecular weight is 453 g/mol. The summed E-state index contributed by atoms with van der Waals surface area (Å²) in [7, 11) is -2.51. The molecule has 0 aliphatic rings. The first-order valence-corrected chi connectivity index (χ1v) is 11.9. The lowest BCUT2D eigenvalue weighted by Crippen LogP contribution is -2.41. The van der Waals surface area contributed by atoms with E-state index in [1.807, 2.05) is 37.3 Å². The van der Waals surface area contributed by atoms with Gasteiger partial charge in [-0.05, 0) is 49.6 Å². The van der Waals surface area contributed by atoms with E-state index in [0.29, 0.717) is 18.0 Å². The molecule has 0 bridgehead atoms. The molecule has 0 aliphatic carbocycles. The maximum Gasteiger partial charge on any atom is 0.264 e. The average Bonchev–Trinajstić information content (AvgIpc) is 2.81. The highest BCUT2D eigenvalue weighted by molar-refractivity contribution is 7.92. The zero-order valence-electron chi connectivity index (χ0n) is 18.3. The number of hydrogen-bond donors (Lipinski definition) is 1. The summed E-state index contributed by atoms with van der Waals surface area (Å²) < 4.78 is 33.4. The summed E-state index contributed by atoms with van der Waals surface area (Å²) in [5.74, 6) is -0.000260. The largest absolute Gasteiger partial charge is 0.495 e. The molecule has 0 fully saturated rings. The first-order valence-electron chi connectivity index (χ1n) is 10.4. The van der Waals surface area contributed by atoms with Crippen LogP contribution in [-0.2, 0) is 21.2 Å². The van der Waals surface area contributed by atoms with Crippen molar-refractivity contribution in [2.75, 3.05) is 24.5 Å². The predicted molar refractivity (Wildman–Crippen MR) is 126 cm³/mol. The van der Waals surface area contributed by atoms with E-state index >= 15 is 0 Å². The van der Waals surface area contributed by atoms with E-state index in [9.17, 15) is 13.2 Å². The standard InChI is InChI=1S/C25H28N2O4S/c1-20-14-16-22(17-15-20)32(29,30)27(23-12-6-7-13-24(23)31-2)19-25(28)26-18-8-11-21-9-4-3-5-10-21/h3-7,9-10,12-17H,8,11,18-19H2,1-2H3,(H,26,28). The first kappa shape index (κ1) is 23.3. The number of rotatable bonds is 10. The Morgan fingerprint density at radius 1 is 0.938 bits per heavy atom. The summed E-state index contributed by atoms with van der Waals surface area (Å²) in [6.07, 6.45) is 1.59. The molecule has 1 N–H and O–H groups in total. The summed E-state index contributed by atoms with van der Waals surface area (Å²) in [6, 6.07) is 23.3. The molecule has 0 spiro atoms. The maximum atomic E-state index is 13.5. The number of benzene rings is 3. The Bertz CT molecular complexity index is 1130. The van der Waals surface area contributed by atoms with Crippen LogP contribution in [-0.4, -0.2) is 34.5 Å². The SMILES string of the molecule is COc1ccccc1N(CC(=O)NCCCc1ccccc1)S(=O)(=O)c1ccc(C)cc1. The number of carbonyl (C=O) groups is 1. The molecule has 0 atom stereocenters. The van der Waals surface area contributed by atoms with E-state index in [1.54, 1.807) is 48.5 Å². The number of nitrogens with zero attached hydrogens (tertiary/aromatic N) is 1. The van der Waals surface area contributed by atoms with Crippen molar-refractivity contribution in [3.8, 4) is 5.75 Å². The number of nitrogens with one attached hydrogen (secondary N) is 1. The number of para-hydroxylation sites is 2.